The molecule has 6 unspecified atom stereocenters. The lowest BCUT2D eigenvalue weighted by atomic mass is 9.56. The number of amides is 6. The first kappa shape index (κ1) is 26.8. The summed E-state index contributed by atoms with van der Waals surface area (Å²) in [5, 5.41) is 11.2. The number of fused-ring (bicyclic) bond motifs is 4. The Bertz CT molecular complexity index is 1350. The minimum Gasteiger partial charge on any atom is -0.507 e. The second kappa shape index (κ2) is 8.85. The Kier molecular flexibility index (Phi) is 6.23. The van der Waals surface area contributed by atoms with Crippen molar-refractivity contribution in [3.8, 4) is 17.2 Å². The highest BCUT2D eigenvalue weighted by Crippen LogP contribution is 2.67. The van der Waals surface area contributed by atoms with Crippen molar-refractivity contribution in [3.05, 3.63) is 29.3 Å². The van der Waals surface area contributed by atoms with Crippen molar-refractivity contribution in [2.24, 2.45) is 23.5 Å². The van der Waals surface area contributed by atoms with Gasteiger partial charge in [0.15, 0.2) is 9.75 Å². The fourth-order valence-electron chi connectivity index (χ4n) is 6.45. The predicted molar refractivity (Wildman–Crippen MR) is 136 cm³/mol. The largest absolute Gasteiger partial charge is 0.507 e. The topological polar surface area (TPSA) is 157 Å². The lowest BCUT2D eigenvalue weighted by Crippen LogP contribution is -2.60. The summed E-state index contributed by atoms with van der Waals surface area (Å²) < 4.78 is 10.8. The predicted octanol–water partition coefficient (Wildman–Crippen LogP) is 2.20. The van der Waals surface area contributed by atoms with Crippen LogP contribution in [0.5, 0.6) is 17.2 Å². The number of likely N-dealkylation sites (tertiary alicyclic amines) is 2. The van der Waals surface area contributed by atoms with Crippen LogP contribution in [0.25, 0.3) is 0 Å². The molecule has 1 aromatic rings. The van der Waals surface area contributed by atoms with Crippen LogP contribution >= 0.6 is 39.1 Å². The third-order valence-electron chi connectivity index (χ3n) is 8.07. The Morgan fingerprint density at radius 2 is 1.82 bits per heavy atom. The highest BCUT2D eigenvalue weighted by molar-refractivity contribution is 9.09. The zero-order valence-corrected chi connectivity index (χ0v) is 23.2. The van der Waals surface area contributed by atoms with E-state index in [0.717, 1.165) is 4.90 Å². The Balaban J connectivity index is 1.79. The summed E-state index contributed by atoms with van der Waals surface area (Å²) >= 11 is 17.4. The molecule has 1 aromatic carbocycles. The number of hydrogen-bond donors (Lipinski definition) is 2. The number of halogens is 3. The van der Waals surface area contributed by atoms with Gasteiger partial charge in [-0.2, -0.15) is 4.90 Å². The van der Waals surface area contributed by atoms with Gasteiger partial charge >= 0.3 is 6.03 Å². The van der Waals surface area contributed by atoms with Crippen molar-refractivity contribution in [2.45, 2.75) is 28.5 Å². The molecule has 3 fully saturated rings. The van der Waals surface area contributed by atoms with Crippen LogP contribution < -0.4 is 15.2 Å². The molecule has 2 heterocycles. The molecule has 5 rings (SSSR count). The number of ether oxygens (including phenoxy) is 2. The molecule has 2 saturated heterocycles. The van der Waals surface area contributed by atoms with Gasteiger partial charge in [0.2, 0.25) is 11.8 Å². The van der Waals surface area contributed by atoms with Crippen LogP contribution in [-0.4, -0.2) is 74.0 Å². The van der Waals surface area contributed by atoms with Crippen molar-refractivity contribution >= 4 is 68.8 Å². The van der Waals surface area contributed by atoms with Crippen molar-refractivity contribution in [1.29, 1.82) is 0 Å². The van der Waals surface area contributed by atoms with Gasteiger partial charge in [-0.05, 0) is 18.8 Å². The summed E-state index contributed by atoms with van der Waals surface area (Å²) in [5.74, 6) is -7.30. The molecule has 4 aliphatic rings. The number of aromatic hydroxyl groups is 1. The Hall–Kier alpha value is -2.83. The van der Waals surface area contributed by atoms with Crippen LogP contribution in [0.4, 0.5) is 4.79 Å². The quantitative estimate of drug-likeness (QED) is 0.222. The molecular weight excluding hydrogens is 609 g/mol. The SMILES string of the molecule is COc1cc(O)c(C2C3=CCC4C(=O)N(C(N)=O)C(=O)C4C3CC3(Cl)C(=O)N(CBr)C(=O)C23Cl)c(OC)c1. The summed E-state index contributed by atoms with van der Waals surface area (Å²) in [6.07, 6.45) is 1.41. The first-order chi connectivity index (χ1) is 17.9. The smallest absolute Gasteiger partial charge is 0.328 e. The van der Waals surface area contributed by atoms with Crippen LogP contribution in [0.2, 0.25) is 0 Å². The number of imide groups is 4. The van der Waals surface area contributed by atoms with Crippen molar-refractivity contribution in [2.75, 3.05) is 19.7 Å². The van der Waals surface area contributed by atoms with Gasteiger partial charge in [-0.25, -0.2) is 4.79 Å². The highest BCUT2D eigenvalue weighted by atomic mass is 79.9. The number of allylic oxidation sites excluding steroid dienone is 2. The number of carbonyl (C=O) groups excluding carboxylic acids is 5. The van der Waals surface area contributed by atoms with Gasteiger partial charge < -0.3 is 20.3 Å². The van der Waals surface area contributed by atoms with E-state index in [1.807, 2.05) is 0 Å². The Labute approximate surface area is 234 Å². The number of carbonyl (C=O) groups is 5. The molecule has 3 N–H and O–H groups in total. The van der Waals surface area contributed by atoms with Crippen LogP contribution in [-0.2, 0) is 19.2 Å². The molecule has 0 spiro atoms. The Morgan fingerprint density at radius 1 is 1.13 bits per heavy atom. The fourth-order valence-corrected chi connectivity index (χ4v) is 7.86. The van der Waals surface area contributed by atoms with E-state index in [9.17, 15) is 29.1 Å². The van der Waals surface area contributed by atoms with Crippen molar-refractivity contribution in [3.63, 3.8) is 0 Å². The first-order valence-corrected chi connectivity index (χ1v) is 13.4. The van der Waals surface area contributed by atoms with E-state index in [-0.39, 0.29) is 41.1 Å². The molecule has 202 valence electrons. The second-order valence-corrected chi connectivity index (χ2v) is 11.3. The van der Waals surface area contributed by atoms with Crippen molar-refractivity contribution < 1.29 is 38.6 Å². The number of nitrogens with zero attached hydrogens (tertiary/aromatic N) is 2. The molecule has 38 heavy (non-hydrogen) atoms. The molecule has 0 radical (unpaired) electrons. The molecule has 6 atom stereocenters. The molecule has 14 heteroatoms. The third kappa shape index (κ3) is 3.16. The number of methoxy groups -OCH3 is 2. The van der Waals surface area contributed by atoms with Crippen LogP contribution in [0.1, 0.15) is 24.3 Å². The van der Waals surface area contributed by atoms with Gasteiger partial charge in [-0.15, -0.1) is 23.2 Å². The van der Waals surface area contributed by atoms with Gasteiger partial charge in [0, 0.05) is 23.6 Å². The maximum Gasteiger partial charge on any atom is 0.328 e. The molecule has 1 saturated carbocycles. The molecule has 0 bridgehead atoms. The summed E-state index contributed by atoms with van der Waals surface area (Å²) in [6.45, 7) is 0. The lowest BCUT2D eigenvalue weighted by molar-refractivity contribution is -0.139. The van der Waals surface area contributed by atoms with Crippen LogP contribution in [0.3, 0.4) is 0 Å². The molecular formula is C24H22BrCl2N3O8. The second-order valence-electron chi connectivity index (χ2n) is 9.60. The minimum absolute atomic E-state index is 0.0349. The number of phenols is 1. The number of primary amides is 1. The normalized spacial score (nSPS) is 34.1. The Morgan fingerprint density at radius 3 is 2.39 bits per heavy atom. The number of rotatable bonds is 4. The van der Waals surface area contributed by atoms with E-state index in [1.54, 1.807) is 6.08 Å². The first-order valence-electron chi connectivity index (χ1n) is 11.5. The minimum atomic E-state index is -2.14. The number of benzene rings is 1. The monoisotopic (exact) mass is 629 g/mol. The highest BCUT2D eigenvalue weighted by Gasteiger charge is 2.76. The average molecular weight is 631 g/mol. The van der Waals surface area contributed by atoms with E-state index in [1.165, 1.54) is 26.4 Å². The number of phenolic OH excluding ortho intramolecular Hbond substituents is 1. The van der Waals surface area contributed by atoms with E-state index >= 15 is 0 Å². The molecule has 2 aliphatic heterocycles. The van der Waals surface area contributed by atoms with E-state index in [2.05, 4.69) is 15.9 Å². The fraction of sp³-hybridized carbons (Fsp3) is 0.458. The number of urea groups is 1. The van der Waals surface area contributed by atoms with Gasteiger partial charge in [0.25, 0.3) is 11.8 Å². The zero-order valence-electron chi connectivity index (χ0n) is 20.1. The number of hydrogen-bond acceptors (Lipinski definition) is 8. The van der Waals surface area contributed by atoms with Gasteiger partial charge in [0.05, 0.1) is 31.5 Å². The molecule has 0 aromatic heterocycles. The van der Waals surface area contributed by atoms with Crippen LogP contribution in [0.15, 0.2) is 23.8 Å². The lowest BCUT2D eigenvalue weighted by Gasteiger charge is -2.50. The van der Waals surface area contributed by atoms with E-state index < -0.39 is 63.1 Å². The van der Waals surface area contributed by atoms with Crippen LogP contribution in [0, 0.1) is 17.8 Å². The number of alkyl halides is 3. The van der Waals surface area contributed by atoms with E-state index in [0.29, 0.717) is 10.5 Å². The van der Waals surface area contributed by atoms with Gasteiger partial charge in [-0.1, -0.05) is 27.6 Å². The summed E-state index contributed by atoms with van der Waals surface area (Å²) in [6, 6.07) is 1.57. The summed E-state index contributed by atoms with van der Waals surface area (Å²) in [5.41, 5.74) is 5.60. The zero-order chi connectivity index (χ0) is 27.9. The maximum atomic E-state index is 13.8. The molecule has 2 aliphatic carbocycles. The summed E-state index contributed by atoms with van der Waals surface area (Å²) in [4.78, 5) is 62.7. The number of nitrogens with two attached hydrogens (primary N) is 1. The maximum absolute atomic E-state index is 13.8. The molecule has 6 amide bonds. The standard InChI is InChI=1S/C24H22BrCl2N3O8/c1-37-9-5-13(31)16(14(6-9)38-2)17-10-3-4-11-15(19(33)30(18(11)32)22(28)36)12(10)7-23(26)20(34)29(8-25)21(35)24(17,23)27/h3,5-6,11-12,15,17,31H,4,7-8H2,1-2H3,(H2,28,36). The summed E-state index contributed by atoms with van der Waals surface area (Å²) in [7, 11) is 2.73. The van der Waals surface area contributed by atoms with Gasteiger partial charge in [-0.3, -0.25) is 24.1 Å². The molecule has 11 nitrogen and oxygen atoms in total. The van der Waals surface area contributed by atoms with Crippen molar-refractivity contribution in [1.82, 2.24) is 9.80 Å². The van der Waals surface area contributed by atoms with Gasteiger partial charge in [0.1, 0.15) is 17.2 Å². The third-order valence-corrected chi connectivity index (χ3v) is 9.99. The average Bonchev–Trinajstić information content (AvgIpc) is 3.22. The van der Waals surface area contributed by atoms with E-state index in [4.69, 9.17) is 38.4 Å².